The molecule has 0 radical (unpaired) electrons. The lowest BCUT2D eigenvalue weighted by Crippen LogP contribution is -2.73. The molecule has 0 aliphatic rings. The molecule has 192 valence electrons. The van der Waals surface area contributed by atoms with Gasteiger partial charge in [0.2, 0.25) is 0 Å². The van der Waals surface area contributed by atoms with Crippen LogP contribution in [0.5, 0.6) is 0 Å². The Morgan fingerprint density at radius 1 is 0.459 bits per heavy atom. The molecule has 4 rings (SSSR count). The van der Waals surface area contributed by atoms with Crippen molar-refractivity contribution in [2.45, 2.75) is 77.7 Å². The molecule has 0 aromatic heterocycles. The molecule has 0 atom stereocenters. The molecule has 0 aliphatic heterocycles. The standard InChI is InChI=1S/C36H44Si/c1-7-35(5,8-2)31-25-21-29(22-26-31)30-23-27-34(28-24-30)37(36(6,9-3)10-4,32-17-13-11-14-18-32)33-19-15-12-16-20-33/h11-28H,7-10H2,1-6H3. The number of hydrogen-bond donors (Lipinski definition) is 0. The third-order valence-corrected chi connectivity index (χ3v) is 15.8. The summed E-state index contributed by atoms with van der Waals surface area (Å²) in [5, 5.41) is 4.69. The second-order valence-electron chi connectivity index (χ2n) is 11.2. The minimum absolute atomic E-state index is 0.184. The highest BCUT2D eigenvalue weighted by Gasteiger charge is 2.52. The Morgan fingerprint density at radius 3 is 1.22 bits per heavy atom. The fourth-order valence-electron chi connectivity index (χ4n) is 6.34. The van der Waals surface area contributed by atoms with Crippen molar-refractivity contribution in [3.05, 3.63) is 115 Å². The Bertz CT molecular complexity index is 1210. The third-order valence-electron chi connectivity index (χ3n) is 9.67. The highest BCUT2D eigenvalue weighted by atomic mass is 28.3. The fraction of sp³-hybridized carbons (Fsp3) is 0.333. The summed E-state index contributed by atoms with van der Waals surface area (Å²) in [4.78, 5) is 0. The lowest BCUT2D eigenvalue weighted by atomic mass is 9.77. The summed E-state index contributed by atoms with van der Waals surface area (Å²) < 4.78 is 0. The molecular formula is C36H44Si. The molecule has 37 heavy (non-hydrogen) atoms. The van der Waals surface area contributed by atoms with E-state index in [9.17, 15) is 0 Å². The summed E-state index contributed by atoms with van der Waals surface area (Å²) >= 11 is 0. The van der Waals surface area contributed by atoms with Crippen molar-refractivity contribution in [3.63, 3.8) is 0 Å². The van der Waals surface area contributed by atoms with Gasteiger partial charge < -0.3 is 0 Å². The van der Waals surface area contributed by atoms with Crippen LogP contribution in [0.1, 0.15) is 72.8 Å². The number of benzene rings is 4. The van der Waals surface area contributed by atoms with E-state index in [1.54, 1.807) is 0 Å². The van der Waals surface area contributed by atoms with Crippen LogP contribution in [-0.2, 0) is 5.41 Å². The molecule has 0 fully saturated rings. The second-order valence-corrected chi connectivity index (χ2v) is 15.6. The Labute approximate surface area is 226 Å². The van der Waals surface area contributed by atoms with Crippen molar-refractivity contribution in [2.75, 3.05) is 0 Å². The maximum Gasteiger partial charge on any atom is 0.153 e. The van der Waals surface area contributed by atoms with Crippen molar-refractivity contribution in [1.82, 2.24) is 0 Å². The van der Waals surface area contributed by atoms with Gasteiger partial charge in [0.05, 0.1) is 0 Å². The van der Waals surface area contributed by atoms with E-state index < -0.39 is 8.07 Å². The smallest absolute Gasteiger partial charge is 0.0651 e. The van der Waals surface area contributed by atoms with Gasteiger partial charge in [0.1, 0.15) is 0 Å². The van der Waals surface area contributed by atoms with Crippen LogP contribution in [0.25, 0.3) is 11.1 Å². The molecule has 0 nitrogen and oxygen atoms in total. The van der Waals surface area contributed by atoms with Gasteiger partial charge in [-0.1, -0.05) is 164 Å². The monoisotopic (exact) mass is 504 g/mol. The molecule has 0 amide bonds. The van der Waals surface area contributed by atoms with E-state index in [1.807, 2.05) is 0 Å². The van der Waals surface area contributed by atoms with Crippen LogP contribution >= 0.6 is 0 Å². The number of hydrogen-bond acceptors (Lipinski definition) is 0. The highest BCUT2D eigenvalue weighted by Crippen LogP contribution is 2.44. The molecular weight excluding hydrogens is 460 g/mol. The summed E-state index contributed by atoms with van der Waals surface area (Å²) in [5.74, 6) is 0. The first-order valence-electron chi connectivity index (χ1n) is 14.2. The van der Waals surface area contributed by atoms with Crippen LogP contribution in [0, 0.1) is 0 Å². The molecule has 0 saturated carbocycles. The Hall–Kier alpha value is -2.90. The molecule has 1 heteroatoms. The van der Waals surface area contributed by atoms with Crippen molar-refractivity contribution in [2.24, 2.45) is 0 Å². The van der Waals surface area contributed by atoms with Gasteiger partial charge in [-0.3, -0.25) is 0 Å². The topological polar surface area (TPSA) is 0 Å². The summed E-state index contributed by atoms with van der Waals surface area (Å²) in [7, 11) is -2.35. The molecule has 0 saturated heterocycles. The van der Waals surface area contributed by atoms with Crippen molar-refractivity contribution in [3.8, 4) is 11.1 Å². The van der Waals surface area contributed by atoms with E-state index in [0.29, 0.717) is 0 Å². The van der Waals surface area contributed by atoms with Crippen LogP contribution < -0.4 is 15.6 Å². The minimum atomic E-state index is -2.35. The SMILES string of the molecule is CCC(C)(CC)c1ccc(-c2ccc([Si](c3ccccc3)(c3ccccc3)C(C)(CC)CC)cc2)cc1. The largest absolute Gasteiger partial charge is 0.153 e. The quantitative estimate of drug-likeness (QED) is 0.150. The summed E-state index contributed by atoms with van der Waals surface area (Å²) in [6.07, 6.45) is 4.63. The lowest BCUT2D eigenvalue weighted by molar-refractivity contribution is 0.439. The molecule has 0 bridgehead atoms. The Balaban J connectivity index is 1.86. The van der Waals surface area contributed by atoms with E-state index in [1.165, 1.54) is 32.3 Å². The first kappa shape index (κ1) is 27.1. The average molecular weight is 505 g/mol. The molecule has 0 aliphatic carbocycles. The van der Waals surface area contributed by atoms with Gasteiger partial charge in [0, 0.05) is 0 Å². The summed E-state index contributed by atoms with van der Waals surface area (Å²) in [5.41, 5.74) is 4.29. The predicted molar refractivity (Wildman–Crippen MR) is 166 cm³/mol. The third kappa shape index (κ3) is 4.75. The first-order valence-corrected chi connectivity index (χ1v) is 16.2. The molecule has 4 aromatic carbocycles. The van der Waals surface area contributed by atoms with E-state index in [0.717, 1.165) is 25.7 Å². The van der Waals surface area contributed by atoms with Crippen molar-refractivity contribution in [1.29, 1.82) is 0 Å². The minimum Gasteiger partial charge on any atom is -0.0651 e. The van der Waals surface area contributed by atoms with Gasteiger partial charge >= 0.3 is 0 Å². The predicted octanol–water partition coefficient (Wildman–Crippen LogP) is 8.48. The molecule has 4 aromatic rings. The van der Waals surface area contributed by atoms with Crippen LogP contribution in [0.3, 0.4) is 0 Å². The van der Waals surface area contributed by atoms with Gasteiger partial charge in [0.15, 0.2) is 8.07 Å². The van der Waals surface area contributed by atoms with Crippen LogP contribution in [-0.4, -0.2) is 8.07 Å². The molecule has 0 N–H and O–H groups in total. The first-order chi connectivity index (χ1) is 17.9. The maximum absolute atomic E-state index is 2.53. The van der Waals surface area contributed by atoms with Gasteiger partial charge in [-0.25, -0.2) is 0 Å². The maximum atomic E-state index is 2.53. The van der Waals surface area contributed by atoms with Gasteiger partial charge in [-0.15, -0.1) is 0 Å². The van der Waals surface area contributed by atoms with Crippen LogP contribution in [0.2, 0.25) is 5.04 Å². The molecule has 0 unspecified atom stereocenters. The van der Waals surface area contributed by atoms with Crippen LogP contribution in [0.15, 0.2) is 109 Å². The normalized spacial score (nSPS) is 12.5. The summed E-state index contributed by atoms with van der Waals surface area (Å²) in [6.45, 7) is 14.3. The van der Waals surface area contributed by atoms with Gasteiger partial charge in [0.25, 0.3) is 0 Å². The van der Waals surface area contributed by atoms with Gasteiger partial charge in [-0.2, -0.15) is 0 Å². The fourth-order valence-corrected chi connectivity index (χ4v) is 12.5. The van der Waals surface area contributed by atoms with E-state index in [-0.39, 0.29) is 10.5 Å². The van der Waals surface area contributed by atoms with Crippen molar-refractivity contribution >= 4 is 23.6 Å². The molecule has 0 heterocycles. The zero-order valence-corrected chi connectivity index (χ0v) is 24.7. The van der Waals surface area contributed by atoms with Crippen LogP contribution in [0.4, 0.5) is 0 Å². The lowest BCUT2D eigenvalue weighted by Gasteiger charge is -2.48. The zero-order chi connectivity index (χ0) is 26.5. The van der Waals surface area contributed by atoms with Gasteiger partial charge in [-0.05, 0) is 55.5 Å². The number of rotatable bonds is 10. The Morgan fingerprint density at radius 2 is 0.838 bits per heavy atom. The van der Waals surface area contributed by atoms with Crippen molar-refractivity contribution < 1.29 is 0 Å². The highest BCUT2D eigenvalue weighted by molar-refractivity contribution is 7.13. The molecule has 0 spiro atoms. The Kier molecular flexibility index (Phi) is 8.24. The second kappa shape index (κ2) is 11.2. The summed E-state index contributed by atoms with van der Waals surface area (Å²) in [6, 6.07) is 41.7. The zero-order valence-electron chi connectivity index (χ0n) is 23.7. The van der Waals surface area contributed by atoms with E-state index in [4.69, 9.17) is 0 Å². The van der Waals surface area contributed by atoms with E-state index >= 15 is 0 Å². The van der Waals surface area contributed by atoms with E-state index in [2.05, 4.69) is 151 Å². The average Bonchev–Trinajstić information content (AvgIpc) is 2.98.